The molecule has 3 atom stereocenters. The molecule has 2 N–H and O–H groups in total. The summed E-state index contributed by atoms with van der Waals surface area (Å²) >= 11 is 2.07. The minimum Gasteiger partial charge on any atom is -0.376 e. The molecule has 2 fully saturated rings. The van der Waals surface area contributed by atoms with Crippen LogP contribution in [-0.2, 0) is 4.74 Å². The van der Waals surface area contributed by atoms with Crippen LogP contribution in [-0.4, -0.2) is 53.8 Å². The van der Waals surface area contributed by atoms with Crippen molar-refractivity contribution < 1.29 is 4.74 Å². The molecule has 0 saturated carbocycles. The van der Waals surface area contributed by atoms with E-state index < -0.39 is 0 Å². The summed E-state index contributed by atoms with van der Waals surface area (Å²) in [6.45, 7) is 8.32. The minimum absolute atomic E-state index is 0.238. The van der Waals surface area contributed by atoms with Crippen molar-refractivity contribution in [3.8, 4) is 0 Å². The van der Waals surface area contributed by atoms with Gasteiger partial charge in [-0.1, -0.05) is 13.8 Å². The molecule has 0 aromatic heterocycles. The highest BCUT2D eigenvalue weighted by atomic mass is 32.2. The van der Waals surface area contributed by atoms with Gasteiger partial charge in [-0.25, -0.2) is 0 Å². The van der Waals surface area contributed by atoms with Gasteiger partial charge in [0.1, 0.15) is 0 Å². The van der Waals surface area contributed by atoms with Gasteiger partial charge in [0, 0.05) is 30.4 Å². The highest BCUT2D eigenvalue weighted by Gasteiger charge is 2.45. The standard InChI is InChI=1S/C12H24N2OS/c1-3-11-8-14(5-6-15-11)12(9-13)4-7-16-10(12)2/h10-11H,3-9,13H2,1-2H3. The number of ether oxygens (including phenoxy) is 1. The van der Waals surface area contributed by atoms with Crippen molar-refractivity contribution in [3.63, 3.8) is 0 Å². The summed E-state index contributed by atoms with van der Waals surface area (Å²) in [5.41, 5.74) is 6.32. The molecule has 2 rings (SSSR count). The third-order valence-electron chi connectivity index (χ3n) is 4.24. The first-order valence-electron chi connectivity index (χ1n) is 6.41. The highest BCUT2D eigenvalue weighted by molar-refractivity contribution is 8.00. The van der Waals surface area contributed by atoms with Gasteiger partial charge in [-0.05, 0) is 18.6 Å². The quantitative estimate of drug-likeness (QED) is 0.812. The number of morpholine rings is 1. The monoisotopic (exact) mass is 244 g/mol. The van der Waals surface area contributed by atoms with Crippen molar-refractivity contribution in [2.75, 3.05) is 32.0 Å². The second kappa shape index (κ2) is 5.25. The average molecular weight is 244 g/mol. The van der Waals surface area contributed by atoms with Crippen LogP contribution in [0.2, 0.25) is 0 Å². The molecular formula is C12H24N2OS. The largest absolute Gasteiger partial charge is 0.376 e. The summed E-state index contributed by atoms with van der Waals surface area (Å²) in [6.07, 6.45) is 2.76. The molecule has 2 heterocycles. The van der Waals surface area contributed by atoms with E-state index in [2.05, 4.69) is 30.5 Å². The minimum atomic E-state index is 0.238. The molecule has 0 spiro atoms. The maximum absolute atomic E-state index is 6.08. The number of rotatable bonds is 3. The van der Waals surface area contributed by atoms with Crippen LogP contribution >= 0.6 is 11.8 Å². The number of hydrogen-bond acceptors (Lipinski definition) is 4. The molecule has 3 unspecified atom stereocenters. The van der Waals surface area contributed by atoms with Gasteiger partial charge in [0.05, 0.1) is 12.7 Å². The number of nitrogens with two attached hydrogens (primary N) is 1. The molecule has 0 radical (unpaired) electrons. The molecule has 0 aliphatic carbocycles. The maximum atomic E-state index is 6.08. The molecule has 2 aliphatic rings. The van der Waals surface area contributed by atoms with E-state index in [9.17, 15) is 0 Å². The third kappa shape index (κ3) is 2.13. The molecule has 0 amide bonds. The molecular weight excluding hydrogens is 220 g/mol. The maximum Gasteiger partial charge on any atom is 0.0700 e. The summed E-state index contributed by atoms with van der Waals surface area (Å²) in [6, 6.07) is 0. The van der Waals surface area contributed by atoms with Crippen LogP contribution in [0.1, 0.15) is 26.7 Å². The number of nitrogens with zero attached hydrogens (tertiary/aromatic N) is 1. The number of thioether (sulfide) groups is 1. The van der Waals surface area contributed by atoms with Gasteiger partial charge in [-0.15, -0.1) is 0 Å². The lowest BCUT2D eigenvalue weighted by molar-refractivity contribution is -0.0679. The Hall–Kier alpha value is 0.230. The van der Waals surface area contributed by atoms with Crippen molar-refractivity contribution in [1.82, 2.24) is 4.90 Å². The fourth-order valence-corrected chi connectivity index (χ4v) is 4.45. The van der Waals surface area contributed by atoms with Gasteiger partial charge in [0.2, 0.25) is 0 Å². The fraction of sp³-hybridized carbons (Fsp3) is 1.00. The molecule has 0 bridgehead atoms. The lowest BCUT2D eigenvalue weighted by Gasteiger charge is -2.47. The average Bonchev–Trinajstić information content (AvgIpc) is 2.71. The predicted octanol–water partition coefficient (Wildman–Crippen LogP) is 1.32. The molecule has 16 heavy (non-hydrogen) atoms. The predicted molar refractivity (Wildman–Crippen MR) is 69.9 cm³/mol. The Morgan fingerprint density at radius 2 is 2.38 bits per heavy atom. The first-order valence-corrected chi connectivity index (χ1v) is 7.46. The van der Waals surface area contributed by atoms with Crippen LogP contribution in [0.25, 0.3) is 0 Å². The molecule has 0 aromatic rings. The lowest BCUT2D eigenvalue weighted by Crippen LogP contribution is -2.61. The first-order chi connectivity index (χ1) is 7.73. The van der Waals surface area contributed by atoms with Gasteiger partial charge in [-0.3, -0.25) is 4.90 Å². The van der Waals surface area contributed by atoms with E-state index in [4.69, 9.17) is 10.5 Å². The van der Waals surface area contributed by atoms with Gasteiger partial charge in [0.25, 0.3) is 0 Å². The summed E-state index contributed by atoms with van der Waals surface area (Å²) in [5.74, 6) is 1.26. The van der Waals surface area contributed by atoms with Gasteiger partial charge < -0.3 is 10.5 Å². The summed E-state index contributed by atoms with van der Waals surface area (Å²) in [5, 5.41) is 0.660. The van der Waals surface area contributed by atoms with Crippen LogP contribution in [0.3, 0.4) is 0 Å². The molecule has 94 valence electrons. The zero-order valence-electron chi connectivity index (χ0n) is 10.4. The molecule has 0 aromatic carbocycles. The van der Waals surface area contributed by atoms with E-state index in [0.29, 0.717) is 11.4 Å². The van der Waals surface area contributed by atoms with Crippen LogP contribution < -0.4 is 5.73 Å². The van der Waals surface area contributed by atoms with Crippen molar-refractivity contribution in [2.45, 2.75) is 43.6 Å². The Morgan fingerprint density at radius 1 is 1.56 bits per heavy atom. The van der Waals surface area contributed by atoms with Gasteiger partial charge in [-0.2, -0.15) is 11.8 Å². The second-order valence-electron chi connectivity index (χ2n) is 4.92. The highest BCUT2D eigenvalue weighted by Crippen LogP contribution is 2.40. The Labute approximate surface area is 103 Å². The topological polar surface area (TPSA) is 38.5 Å². The van der Waals surface area contributed by atoms with Crippen LogP contribution in [0, 0.1) is 0 Å². The van der Waals surface area contributed by atoms with Crippen molar-refractivity contribution in [1.29, 1.82) is 0 Å². The zero-order valence-corrected chi connectivity index (χ0v) is 11.3. The van der Waals surface area contributed by atoms with Crippen molar-refractivity contribution in [3.05, 3.63) is 0 Å². The Kier molecular flexibility index (Phi) is 4.16. The van der Waals surface area contributed by atoms with E-state index in [0.717, 1.165) is 32.7 Å². The van der Waals surface area contributed by atoms with E-state index in [-0.39, 0.29) is 5.54 Å². The smallest absolute Gasteiger partial charge is 0.0700 e. The van der Waals surface area contributed by atoms with E-state index in [1.807, 2.05) is 0 Å². The SMILES string of the molecule is CCC1CN(C2(CN)CCSC2C)CCO1. The molecule has 2 aliphatic heterocycles. The van der Waals surface area contributed by atoms with Gasteiger partial charge in [0.15, 0.2) is 0 Å². The van der Waals surface area contributed by atoms with Gasteiger partial charge >= 0.3 is 0 Å². The summed E-state index contributed by atoms with van der Waals surface area (Å²) in [4.78, 5) is 2.61. The molecule has 3 nitrogen and oxygen atoms in total. The normalized spacial score (nSPS) is 41.4. The summed E-state index contributed by atoms with van der Waals surface area (Å²) < 4.78 is 5.75. The van der Waals surface area contributed by atoms with E-state index >= 15 is 0 Å². The lowest BCUT2D eigenvalue weighted by atomic mass is 9.89. The fourth-order valence-electron chi connectivity index (χ4n) is 2.95. The third-order valence-corrected chi connectivity index (χ3v) is 5.62. The molecule has 2 saturated heterocycles. The van der Waals surface area contributed by atoms with E-state index in [1.165, 1.54) is 12.2 Å². The number of hydrogen-bond donors (Lipinski definition) is 1. The Morgan fingerprint density at radius 3 is 2.94 bits per heavy atom. The summed E-state index contributed by atoms with van der Waals surface area (Å²) in [7, 11) is 0. The second-order valence-corrected chi connectivity index (χ2v) is 6.37. The molecule has 4 heteroatoms. The Balaban J connectivity index is 2.08. The van der Waals surface area contributed by atoms with Crippen LogP contribution in [0.5, 0.6) is 0 Å². The first kappa shape index (κ1) is 12.7. The Bertz CT molecular complexity index is 239. The van der Waals surface area contributed by atoms with Crippen LogP contribution in [0.4, 0.5) is 0 Å². The zero-order chi connectivity index (χ0) is 11.6. The van der Waals surface area contributed by atoms with Crippen molar-refractivity contribution in [2.24, 2.45) is 5.73 Å². The van der Waals surface area contributed by atoms with Crippen molar-refractivity contribution >= 4 is 11.8 Å². The van der Waals surface area contributed by atoms with E-state index in [1.54, 1.807) is 0 Å². The van der Waals surface area contributed by atoms with Crippen LogP contribution in [0.15, 0.2) is 0 Å².